The highest BCUT2D eigenvalue weighted by molar-refractivity contribution is 7.11. The Morgan fingerprint density at radius 3 is 2.95 bits per heavy atom. The first-order valence-electron chi connectivity index (χ1n) is 7.17. The van der Waals surface area contributed by atoms with Crippen molar-refractivity contribution in [2.75, 3.05) is 11.9 Å². The summed E-state index contributed by atoms with van der Waals surface area (Å²) >= 11 is 1.79. The Morgan fingerprint density at radius 2 is 2.19 bits per heavy atom. The monoisotopic (exact) mass is 301 g/mol. The average Bonchev–Trinajstić information content (AvgIpc) is 2.91. The summed E-state index contributed by atoms with van der Waals surface area (Å²) in [6.45, 7) is 0.648. The average molecular weight is 301 g/mol. The van der Waals surface area contributed by atoms with Crippen LogP contribution >= 0.6 is 11.3 Å². The Kier molecular flexibility index (Phi) is 4.16. The summed E-state index contributed by atoms with van der Waals surface area (Å²) in [5.41, 5.74) is 2.05. The van der Waals surface area contributed by atoms with Gasteiger partial charge in [-0.25, -0.2) is 9.37 Å². The second kappa shape index (κ2) is 6.23. The summed E-state index contributed by atoms with van der Waals surface area (Å²) in [6.07, 6.45) is 5.57. The molecule has 0 atom stereocenters. The highest BCUT2D eigenvalue weighted by Gasteiger charge is 2.14. The molecule has 1 aliphatic rings. The first kappa shape index (κ1) is 14.0. The number of hydrogen-bond donors (Lipinski definition) is 1. The van der Waals surface area contributed by atoms with Gasteiger partial charge in [0.05, 0.1) is 28.0 Å². The third kappa shape index (κ3) is 3.22. The molecule has 21 heavy (non-hydrogen) atoms. The van der Waals surface area contributed by atoms with Gasteiger partial charge < -0.3 is 5.32 Å². The fourth-order valence-electron chi connectivity index (χ4n) is 2.54. The molecular formula is C16H16FN3S. The lowest BCUT2D eigenvalue weighted by molar-refractivity contribution is 0.629. The molecule has 1 aromatic carbocycles. The van der Waals surface area contributed by atoms with Crippen molar-refractivity contribution in [3.63, 3.8) is 0 Å². The first-order chi connectivity index (χ1) is 10.3. The molecule has 2 aromatic rings. The summed E-state index contributed by atoms with van der Waals surface area (Å²) < 4.78 is 13.7. The highest BCUT2D eigenvalue weighted by Crippen LogP contribution is 2.27. The minimum absolute atomic E-state index is 0.339. The van der Waals surface area contributed by atoms with Gasteiger partial charge in [0.15, 0.2) is 0 Å². The van der Waals surface area contributed by atoms with Crippen molar-refractivity contribution < 1.29 is 4.39 Å². The molecule has 1 N–H and O–H groups in total. The van der Waals surface area contributed by atoms with E-state index in [1.165, 1.54) is 29.5 Å². The van der Waals surface area contributed by atoms with E-state index in [0.717, 1.165) is 24.3 Å². The molecule has 1 aliphatic carbocycles. The number of fused-ring (bicyclic) bond motifs is 1. The van der Waals surface area contributed by atoms with Gasteiger partial charge in [-0.1, -0.05) is 0 Å². The van der Waals surface area contributed by atoms with Gasteiger partial charge in [0, 0.05) is 17.8 Å². The molecule has 1 aromatic heterocycles. The topological polar surface area (TPSA) is 48.7 Å². The fourth-order valence-corrected chi connectivity index (χ4v) is 3.70. The number of thiazole rings is 1. The molecule has 0 saturated carbocycles. The van der Waals surface area contributed by atoms with Gasteiger partial charge in [-0.05, 0) is 43.9 Å². The Hall–Kier alpha value is -1.93. The van der Waals surface area contributed by atoms with Crippen LogP contribution in [0.15, 0.2) is 18.2 Å². The number of aryl methyl sites for hydroxylation is 2. The van der Waals surface area contributed by atoms with E-state index >= 15 is 0 Å². The molecule has 0 radical (unpaired) electrons. The number of nitrogens with one attached hydrogen (secondary N) is 1. The van der Waals surface area contributed by atoms with Crippen LogP contribution in [0.1, 0.15) is 34.0 Å². The molecule has 5 heteroatoms. The second-order valence-electron chi connectivity index (χ2n) is 5.17. The lowest BCUT2D eigenvalue weighted by atomic mass is 10.0. The highest BCUT2D eigenvalue weighted by atomic mass is 32.1. The molecule has 0 bridgehead atoms. The predicted molar refractivity (Wildman–Crippen MR) is 82.1 cm³/mol. The maximum Gasteiger partial charge on any atom is 0.147 e. The van der Waals surface area contributed by atoms with Crippen LogP contribution in [0.2, 0.25) is 0 Å². The summed E-state index contributed by atoms with van der Waals surface area (Å²) in [4.78, 5) is 6.10. The van der Waals surface area contributed by atoms with Gasteiger partial charge >= 0.3 is 0 Å². The number of benzene rings is 1. The summed E-state index contributed by atoms with van der Waals surface area (Å²) in [6, 6.07) is 6.41. The van der Waals surface area contributed by atoms with E-state index in [2.05, 4.69) is 10.3 Å². The van der Waals surface area contributed by atoms with Gasteiger partial charge in [0.1, 0.15) is 5.82 Å². The largest absolute Gasteiger partial charge is 0.382 e. The molecule has 0 spiro atoms. The second-order valence-corrected chi connectivity index (χ2v) is 6.34. The van der Waals surface area contributed by atoms with E-state index in [1.54, 1.807) is 23.5 Å². The van der Waals surface area contributed by atoms with Crippen LogP contribution < -0.4 is 5.32 Å². The van der Waals surface area contributed by atoms with E-state index in [0.29, 0.717) is 17.8 Å². The Labute approximate surface area is 127 Å². The third-order valence-electron chi connectivity index (χ3n) is 3.64. The predicted octanol–water partition coefficient (Wildman–Crippen LogP) is 3.69. The van der Waals surface area contributed by atoms with E-state index in [1.807, 2.05) is 6.07 Å². The van der Waals surface area contributed by atoms with Crippen molar-refractivity contribution in [3.05, 3.63) is 45.2 Å². The minimum Gasteiger partial charge on any atom is -0.382 e. The Bertz CT molecular complexity index is 664. The van der Waals surface area contributed by atoms with E-state index in [9.17, 15) is 4.39 Å². The molecule has 0 fully saturated rings. The van der Waals surface area contributed by atoms with Crippen LogP contribution in [-0.4, -0.2) is 11.5 Å². The SMILES string of the molecule is N#Cc1ccc(NCCc2nc3c(s2)CCCC3)c(F)c1. The number of nitriles is 1. The van der Waals surface area contributed by atoms with Gasteiger partial charge in [-0.15, -0.1) is 11.3 Å². The Balaban J connectivity index is 1.59. The first-order valence-corrected chi connectivity index (χ1v) is 7.99. The number of anilines is 1. The third-order valence-corrected chi connectivity index (χ3v) is 4.86. The Morgan fingerprint density at radius 1 is 1.33 bits per heavy atom. The lowest BCUT2D eigenvalue weighted by Gasteiger charge is -2.06. The molecular weight excluding hydrogens is 285 g/mol. The fraction of sp³-hybridized carbons (Fsp3) is 0.375. The van der Waals surface area contributed by atoms with Crippen LogP contribution in [0.4, 0.5) is 10.1 Å². The van der Waals surface area contributed by atoms with Crippen molar-refractivity contribution in [3.8, 4) is 6.07 Å². The summed E-state index contributed by atoms with van der Waals surface area (Å²) in [5, 5.41) is 12.9. The molecule has 0 saturated heterocycles. The van der Waals surface area contributed by atoms with Crippen molar-refractivity contribution in [1.82, 2.24) is 4.98 Å². The van der Waals surface area contributed by atoms with Crippen molar-refractivity contribution in [2.45, 2.75) is 32.1 Å². The molecule has 108 valence electrons. The van der Waals surface area contributed by atoms with Crippen LogP contribution in [0.25, 0.3) is 0 Å². The maximum atomic E-state index is 13.7. The molecule has 0 amide bonds. The van der Waals surface area contributed by atoms with Gasteiger partial charge in [0.25, 0.3) is 0 Å². The van der Waals surface area contributed by atoms with Crippen LogP contribution in [0.3, 0.4) is 0 Å². The van der Waals surface area contributed by atoms with Gasteiger partial charge in [0.2, 0.25) is 0 Å². The molecule has 3 rings (SSSR count). The molecule has 0 unspecified atom stereocenters. The lowest BCUT2D eigenvalue weighted by Crippen LogP contribution is -2.06. The van der Waals surface area contributed by atoms with Crippen molar-refractivity contribution in [1.29, 1.82) is 5.26 Å². The van der Waals surface area contributed by atoms with Crippen LogP contribution in [0.5, 0.6) is 0 Å². The number of nitrogens with zero attached hydrogens (tertiary/aromatic N) is 2. The zero-order valence-electron chi connectivity index (χ0n) is 11.7. The molecule has 3 nitrogen and oxygen atoms in total. The van der Waals surface area contributed by atoms with E-state index in [-0.39, 0.29) is 5.82 Å². The van der Waals surface area contributed by atoms with E-state index in [4.69, 9.17) is 5.26 Å². The zero-order valence-corrected chi connectivity index (χ0v) is 12.5. The van der Waals surface area contributed by atoms with Gasteiger partial charge in [-0.3, -0.25) is 0 Å². The smallest absolute Gasteiger partial charge is 0.147 e. The molecule has 0 aliphatic heterocycles. The minimum atomic E-state index is -0.382. The van der Waals surface area contributed by atoms with Crippen LogP contribution in [-0.2, 0) is 19.3 Å². The normalized spacial score (nSPS) is 13.5. The standard InChI is InChI=1S/C16H16FN3S/c17-12-9-11(10-18)5-6-13(12)19-8-7-16-20-14-3-1-2-4-15(14)21-16/h5-6,9,19H,1-4,7-8H2. The van der Waals surface area contributed by atoms with Crippen molar-refractivity contribution >= 4 is 17.0 Å². The van der Waals surface area contributed by atoms with Gasteiger partial charge in [-0.2, -0.15) is 5.26 Å². The summed E-state index contributed by atoms with van der Waals surface area (Å²) in [7, 11) is 0. The van der Waals surface area contributed by atoms with E-state index < -0.39 is 0 Å². The zero-order chi connectivity index (χ0) is 14.7. The van der Waals surface area contributed by atoms with Crippen molar-refractivity contribution in [2.24, 2.45) is 0 Å². The number of rotatable bonds is 4. The molecule has 1 heterocycles. The maximum absolute atomic E-state index is 13.7. The quantitative estimate of drug-likeness (QED) is 0.937. The summed E-state index contributed by atoms with van der Waals surface area (Å²) in [5.74, 6) is -0.382. The number of aromatic nitrogens is 1. The van der Waals surface area contributed by atoms with Crippen LogP contribution in [0, 0.1) is 17.1 Å². The number of hydrogen-bond acceptors (Lipinski definition) is 4. The number of halogens is 1.